The van der Waals surface area contributed by atoms with Crippen molar-refractivity contribution >= 4 is 18.0 Å². The molecule has 0 aliphatic carbocycles. The molecule has 7 heteroatoms. The molecular weight excluding hydrogens is 370 g/mol. The van der Waals surface area contributed by atoms with Crippen LogP contribution in [0.15, 0.2) is 23.3 Å². The molecule has 29 heavy (non-hydrogen) atoms. The Bertz CT molecular complexity index is 676. The quantitative estimate of drug-likeness (QED) is 0.280. The first kappa shape index (κ1) is 22.7. The molecule has 0 fully saturated rings. The molecule has 2 rings (SSSR count). The molecule has 0 atom stereocenters. The first-order chi connectivity index (χ1) is 14.2. The van der Waals surface area contributed by atoms with E-state index >= 15 is 0 Å². The third kappa shape index (κ3) is 9.45. The molecular formula is C22H33N3O4. The molecule has 0 saturated heterocycles. The zero-order chi connectivity index (χ0) is 20.7. The van der Waals surface area contributed by atoms with Crippen LogP contribution in [-0.4, -0.2) is 31.4 Å². The number of hydrogen-bond donors (Lipinski definition) is 2. The van der Waals surface area contributed by atoms with Gasteiger partial charge in [0.1, 0.15) is 0 Å². The lowest BCUT2D eigenvalue weighted by atomic mass is 10.1. The minimum Gasteiger partial charge on any atom is -0.454 e. The molecule has 7 nitrogen and oxygen atoms in total. The summed E-state index contributed by atoms with van der Waals surface area (Å²) in [6.45, 7) is 2.36. The van der Waals surface area contributed by atoms with E-state index in [4.69, 9.17) is 9.47 Å². The zero-order valence-electron chi connectivity index (χ0n) is 17.4. The Labute approximate surface area is 173 Å². The van der Waals surface area contributed by atoms with Gasteiger partial charge in [0.25, 0.3) is 5.91 Å². The molecule has 0 spiro atoms. The Kier molecular flexibility index (Phi) is 10.6. The molecule has 0 bridgehead atoms. The van der Waals surface area contributed by atoms with E-state index in [1.165, 1.54) is 51.2 Å². The highest BCUT2D eigenvalue weighted by Gasteiger charge is 2.12. The highest BCUT2D eigenvalue weighted by molar-refractivity contribution is 5.86. The molecule has 2 N–H and O–H groups in total. The molecule has 160 valence electrons. The summed E-state index contributed by atoms with van der Waals surface area (Å²) in [7, 11) is 0. The summed E-state index contributed by atoms with van der Waals surface area (Å²) in [4.78, 5) is 23.6. The Balaban J connectivity index is 1.48. The fraction of sp³-hybridized carbons (Fsp3) is 0.591. The van der Waals surface area contributed by atoms with Gasteiger partial charge >= 0.3 is 0 Å². The number of nitrogens with one attached hydrogen (secondary N) is 2. The van der Waals surface area contributed by atoms with Gasteiger partial charge in [0.15, 0.2) is 11.5 Å². The van der Waals surface area contributed by atoms with Crippen LogP contribution in [0.2, 0.25) is 0 Å². The van der Waals surface area contributed by atoms with Crippen molar-refractivity contribution in [2.45, 2.75) is 71.1 Å². The van der Waals surface area contributed by atoms with Crippen molar-refractivity contribution in [2.24, 2.45) is 5.10 Å². The largest absolute Gasteiger partial charge is 0.454 e. The first-order valence-corrected chi connectivity index (χ1v) is 10.7. The van der Waals surface area contributed by atoms with Gasteiger partial charge in [-0.2, -0.15) is 5.10 Å². The number of hydrogen-bond acceptors (Lipinski definition) is 5. The van der Waals surface area contributed by atoms with Gasteiger partial charge in [-0.3, -0.25) is 9.59 Å². The number of carbonyl (C=O) groups is 2. The second kappa shape index (κ2) is 13.6. The highest BCUT2D eigenvalue weighted by atomic mass is 16.7. The molecule has 0 unspecified atom stereocenters. The fourth-order valence-electron chi connectivity index (χ4n) is 3.08. The Morgan fingerprint density at radius 1 is 0.966 bits per heavy atom. The summed E-state index contributed by atoms with van der Waals surface area (Å²) in [6, 6.07) is 5.39. The van der Waals surface area contributed by atoms with E-state index in [1.807, 2.05) is 6.07 Å². The van der Waals surface area contributed by atoms with Crippen molar-refractivity contribution in [1.82, 2.24) is 10.7 Å². The topological polar surface area (TPSA) is 89.0 Å². The summed E-state index contributed by atoms with van der Waals surface area (Å²) in [5, 5.41) is 6.52. The Morgan fingerprint density at radius 3 is 2.41 bits per heavy atom. The van der Waals surface area contributed by atoms with Crippen LogP contribution in [0.5, 0.6) is 11.5 Å². The van der Waals surface area contributed by atoms with Crippen molar-refractivity contribution < 1.29 is 19.1 Å². The number of amides is 2. The second-order valence-electron chi connectivity index (χ2n) is 7.26. The second-order valence-corrected chi connectivity index (χ2v) is 7.26. The van der Waals surface area contributed by atoms with E-state index in [9.17, 15) is 9.59 Å². The van der Waals surface area contributed by atoms with Gasteiger partial charge in [-0.15, -0.1) is 0 Å². The lowest BCUT2D eigenvalue weighted by molar-refractivity contribution is -0.126. The van der Waals surface area contributed by atoms with Crippen LogP contribution in [0.4, 0.5) is 0 Å². The van der Waals surface area contributed by atoms with E-state index in [2.05, 4.69) is 22.8 Å². The number of nitrogens with zero attached hydrogens (tertiary/aromatic N) is 1. The Hall–Kier alpha value is -2.57. The predicted molar refractivity (Wildman–Crippen MR) is 113 cm³/mol. The summed E-state index contributed by atoms with van der Waals surface area (Å²) in [6.07, 6.45) is 12.9. The van der Waals surface area contributed by atoms with Gasteiger partial charge in [-0.1, -0.05) is 58.3 Å². The van der Waals surface area contributed by atoms with Crippen LogP contribution >= 0.6 is 0 Å². The summed E-state index contributed by atoms with van der Waals surface area (Å²) in [5.74, 6) is 0.898. The average molecular weight is 404 g/mol. The molecule has 1 aromatic carbocycles. The van der Waals surface area contributed by atoms with Crippen LogP contribution in [0.25, 0.3) is 0 Å². The van der Waals surface area contributed by atoms with Crippen molar-refractivity contribution in [2.75, 3.05) is 13.3 Å². The lowest BCUT2D eigenvalue weighted by Crippen LogP contribution is -2.34. The van der Waals surface area contributed by atoms with E-state index in [-0.39, 0.29) is 25.2 Å². The number of unbranched alkanes of at least 4 members (excludes halogenated alkanes) is 8. The van der Waals surface area contributed by atoms with Crippen LogP contribution in [0.3, 0.4) is 0 Å². The van der Waals surface area contributed by atoms with Crippen LogP contribution in [-0.2, 0) is 9.59 Å². The van der Waals surface area contributed by atoms with Crippen molar-refractivity contribution in [3.63, 3.8) is 0 Å². The predicted octanol–water partition coefficient (Wildman–Crippen LogP) is 3.90. The molecule has 0 saturated carbocycles. The molecule has 0 aromatic heterocycles. The average Bonchev–Trinajstić information content (AvgIpc) is 3.19. The number of rotatable bonds is 14. The maximum atomic E-state index is 11.8. The fourth-order valence-corrected chi connectivity index (χ4v) is 3.08. The summed E-state index contributed by atoms with van der Waals surface area (Å²) >= 11 is 0. The van der Waals surface area contributed by atoms with E-state index < -0.39 is 0 Å². The minimum absolute atomic E-state index is 0.0747. The maximum Gasteiger partial charge on any atom is 0.259 e. The number of hydrazone groups is 1. The third-order valence-electron chi connectivity index (χ3n) is 4.75. The van der Waals surface area contributed by atoms with Crippen molar-refractivity contribution in [3.05, 3.63) is 23.8 Å². The molecule has 1 aromatic rings. The molecule has 1 aliphatic rings. The number of ether oxygens (including phenoxy) is 2. The van der Waals surface area contributed by atoms with Gasteiger partial charge in [-0.25, -0.2) is 5.43 Å². The monoisotopic (exact) mass is 403 g/mol. The van der Waals surface area contributed by atoms with Crippen LogP contribution in [0, 0.1) is 0 Å². The van der Waals surface area contributed by atoms with Crippen LogP contribution < -0.4 is 20.2 Å². The third-order valence-corrected chi connectivity index (χ3v) is 4.75. The van der Waals surface area contributed by atoms with E-state index in [0.717, 1.165) is 18.4 Å². The minimum atomic E-state index is -0.359. The standard InChI is InChI=1S/C22H33N3O4/c1-2-3-4-5-6-7-8-9-10-11-21(26)23-16-22(27)25-24-15-18-12-13-19-20(14-18)29-17-28-19/h12-15H,2-11,16-17H2,1H3,(H,23,26)(H,25,27). The molecule has 1 aliphatic heterocycles. The normalized spacial score (nSPS) is 12.3. The molecule has 1 heterocycles. The van der Waals surface area contributed by atoms with E-state index in [0.29, 0.717) is 17.9 Å². The Morgan fingerprint density at radius 2 is 1.66 bits per heavy atom. The van der Waals surface area contributed by atoms with Crippen molar-refractivity contribution in [1.29, 1.82) is 0 Å². The van der Waals surface area contributed by atoms with Crippen LogP contribution in [0.1, 0.15) is 76.7 Å². The van der Waals surface area contributed by atoms with Gasteiger partial charge in [0.2, 0.25) is 12.7 Å². The highest BCUT2D eigenvalue weighted by Crippen LogP contribution is 2.31. The zero-order valence-corrected chi connectivity index (χ0v) is 17.4. The van der Waals surface area contributed by atoms with Gasteiger partial charge in [0, 0.05) is 6.42 Å². The first-order valence-electron chi connectivity index (χ1n) is 10.7. The number of benzene rings is 1. The smallest absolute Gasteiger partial charge is 0.259 e. The molecule has 0 radical (unpaired) electrons. The molecule has 2 amide bonds. The number of carbonyl (C=O) groups excluding carboxylic acids is 2. The van der Waals surface area contributed by atoms with Gasteiger partial charge in [-0.05, 0) is 30.2 Å². The number of fused-ring (bicyclic) bond motifs is 1. The lowest BCUT2D eigenvalue weighted by Gasteiger charge is -2.05. The summed E-state index contributed by atoms with van der Waals surface area (Å²) in [5.41, 5.74) is 3.18. The van der Waals surface area contributed by atoms with E-state index in [1.54, 1.807) is 12.1 Å². The summed E-state index contributed by atoms with van der Waals surface area (Å²) < 4.78 is 10.5. The van der Waals surface area contributed by atoms with Gasteiger partial charge < -0.3 is 14.8 Å². The van der Waals surface area contributed by atoms with Crippen molar-refractivity contribution in [3.8, 4) is 11.5 Å². The SMILES string of the molecule is CCCCCCCCCCCC(=O)NCC(=O)NN=Cc1ccc2c(c1)OCO2. The van der Waals surface area contributed by atoms with Gasteiger partial charge in [0.05, 0.1) is 12.8 Å². The maximum absolute atomic E-state index is 11.8.